The SMILES string of the molecule is Cc1[nH]ncc1S(=O)(=O)NCCC(=O)NC(C)C. The monoisotopic (exact) mass is 274 g/mol. The molecule has 0 atom stereocenters. The Morgan fingerprint density at radius 2 is 2.17 bits per heavy atom. The molecule has 0 saturated heterocycles. The Bertz CT molecular complexity index is 507. The zero-order valence-corrected chi connectivity index (χ0v) is 11.5. The van der Waals surface area contributed by atoms with Crippen LogP contribution in [0.1, 0.15) is 26.0 Å². The van der Waals surface area contributed by atoms with Crippen LogP contribution >= 0.6 is 0 Å². The standard InChI is InChI=1S/C10H18N4O3S/c1-7(2)13-10(15)4-5-12-18(16,17)9-6-11-14-8(9)3/h6-7,12H,4-5H2,1-3H3,(H,11,14)(H,13,15). The summed E-state index contributed by atoms with van der Waals surface area (Å²) >= 11 is 0. The third kappa shape index (κ3) is 4.11. The number of H-pyrrole nitrogens is 1. The summed E-state index contributed by atoms with van der Waals surface area (Å²) in [7, 11) is -3.60. The summed E-state index contributed by atoms with van der Waals surface area (Å²) in [6.45, 7) is 5.37. The average molecular weight is 274 g/mol. The molecule has 0 aromatic carbocycles. The van der Waals surface area contributed by atoms with Gasteiger partial charge in [0.2, 0.25) is 15.9 Å². The molecule has 0 unspecified atom stereocenters. The summed E-state index contributed by atoms with van der Waals surface area (Å²) in [5, 5.41) is 8.88. The van der Waals surface area contributed by atoms with Crippen molar-refractivity contribution in [2.75, 3.05) is 6.54 Å². The van der Waals surface area contributed by atoms with Crippen molar-refractivity contribution in [2.24, 2.45) is 0 Å². The maximum atomic E-state index is 11.8. The number of carbonyl (C=O) groups excluding carboxylic acids is 1. The van der Waals surface area contributed by atoms with Crippen LogP contribution in [0, 0.1) is 6.92 Å². The van der Waals surface area contributed by atoms with Gasteiger partial charge in [-0.15, -0.1) is 0 Å². The highest BCUT2D eigenvalue weighted by molar-refractivity contribution is 7.89. The lowest BCUT2D eigenvalue weighted by atomic mass is 10.3. The molecule has 1 aromatic heterocycles. The Morgan fingerprint density at radius 3 is 2.67 bits per heavy atom. The molecule has 1 rings (SSSR count). The van der Waals surface area contributed by atoms with Gasteiger partial charge in [-0.05, 0) is 20.8 Å². The van der Waals surface area contributed by atoms with Crippen LogP contribution < -0.4 is 10.0 Å². The Morgan fingerprint density at radius 1 is 1.50 bits per heavy atom. The van der Waals surface area contributed by atoms with E-state index in [1.807, 2.05) is 13.8 Å². The van der Waals surface area contributed by atoms with Crippen LogP contribution in [0.4, 0.5) is 0 Å². The van der Waals surface area contributed by atoms with Crippen molar-refractivity contribution < 1.29 is 13.2 Å². The largest absolute Gasteiger partial charge is 0.354 e. The van der Waals surface area contributed by atoms with E-state index >= 15 is 0 Å². The number of carbonyl (C=O) groups is 1. The lowest BCUT2D eigenvalue weighted by Crippen LogP contribution is -2.34. The minimum Gasteiger partial charge on any atom is -0.354 e. The van der Waals surface area contributed by atoms with Gasteiger partial charge in [0.1, 0.15) is 4.90 Å². The molecule has 0 radical (unpaired) electrons. The fourth-order valence-electron chi connectivity index (χ4n) is 1.38. The second-order valence-corrected chi connectivity index (χ2v) is 5.96. The Labute approximate surface area is 106 Å². The van der Waals surface area contributed by atoms with Crippen molar-refractivity contribution in [3.05, 3.63) is 11.9 Å². The molecule has 0 bridgehead atoms. The molecular weight excluding hydrogens is 256 g/mol. The first-order valence-corrected chi connectivity index (χ1v) is 7.10. The van der Waals surface area contributed by atoms with E-state index in [-0.39, 0.29) is 29.8 Å². The van der Waals surface area contributed by atoms with E-state index in [4.69, 9.17) is 0 Å². The number of hydrogen-bond acceptors (Lipinski definition) is 4. The number of aryl methyl sites for hydroxylation is 1. The molecule has 3 N–H and O–H groups in total. The topological polar surface area (TPSA) is 104 Å². The highest BCUT2D eigenvalue weighted by Gasteiger charge is 2.18. The van der Waals surface area contributed by atoms with E-state index in [9.17, 15) is 13.2 Å². The van der Waals surface area contributed by atoms with Gasteiger partial charge >= 0.3 is 0 Å². The van der Waals surface area contributed by atoms with Crippen LogP contribution in [-0.4, -0.2) is 37.1 Å². The van der Waals surface area contributed by atoms with Gasteiger partial charge in [0, 0.05) is 19.0 Å². The van der Waals surface area contributed by atoms with Gasteiger partial charge in [-0.2, -0.15) is 5.10 Å². The number of aromatic amines is 1. The van der Waals surface area contributed by atoms with Crippen LogP contribution in [-0.2, 0) is 14.8 Å². The van der Waals surface area contributed by atoms with E-state index in [2.05, 4.69) is 20.2 Å². The number of rotatable bonds is 6. The first-order chi connectivity index (χ1) is 8.33. The first-order valence-electron chi connectivity index (χ1n) is 5.62. The predicted molar refractivity (Wildman–Crippen MR) is 66.4 cm³/mol. The Kier molecular flexibility index (Phi) is 4.85. The van der Waals surface area contributed by atoms with Crippen LogP contribution in [0.2, 0.25) is 0 Å². The molecule has 1 heterocycles. The van der Waals surface area contributed by atoms with Crippen LogP contribution in [0.15, 0.2) is 11.1 Å². The third-order valence-corrected chi connectivity index (χ3v) is 3.74. The van der Waals surface area contributed by atoms with Crippen molar-refractivity contribution in [3.8, 4) is 0 Å². The summed E-state index contributed by atoms with van der Waals surface area (Å²) in [4.78, 5) is 11.4. The molecule has 1 amide bonds. The maximum Gasteiger partial charge on any atom is 0.243 e. The molecule has 0 saturated carbocycles. The minimum absolute atomic E-state index is 0.0465. The van der Waals surface area contributed by atoms with Crippen LogP contribution in [0.25, 0.3) is 0 Å². The molecule has 8 heteroatoms. The van der Waals surface area contributed by atoms with Gasteiger partial charge in [0.25, 0.3) is 0 Å². The minimum atomic E-state index is -3.60. The van der Waals surface area contributed by atoms with Crippen molar-refractivity contribution in [2.45, 2.75) is 38.1 Å². The van der Waals surface area contributed by atoms with Gasteiger partial charge in [0.15, 0.2) is 0 Å². The highest BCUT2D eigenvalue weighted by Crippen LogP contribution is 2.10. The maximum absolute atomic E-state index is 11.8. The van der Waals surface area contributed by atoms with E-state index in [1.165, 1.54) is 6.20 Å². The second kappa shape index (κ2) is 5.96. The number of aromatic nitrogens is 2. The Hall–Kier alpha value is -1.41. The fraction of sp³-hybridized carbons (Fsp3) is 0.600. The fourth-order valence-corrected chi connectivity index (χ4v) is 2.55. The van der Waals surface area contributed by atoms with E-state index in [0.717, 1.165) is 0 Å². The van der Waals surface area contributed by atoms with E-state index in [1.54, 1.807) is 6.92 Å². The van der Waals surface area contributed by atoms with Crippen molar-refractivity contribution in [1.82, 2.24) is 20.2 Å². The lowest BCUT2D eigenvalue weighted by Gasteiger charge is -2.09. The quantitative estimate of drug-likeness (QED) is 0.674. The molecule has 0 spiro atoms. The number of hydrogen-bond donors (Lipinski definition) is 3. The highest BCUT2D eigenvalue weighted by atomic mass is 32.2. The van der Waals surface area contributed by atoms with Gasteiger partial charge in [-0.25, -0.2) is 13.1 Å². The molecular formula is C10H18N4O3S. The van der Waals surface area contributed by atoms with Crippen molar-refractivity contribution in [1.29, 1.82) is 0 Å². The second-order valence-electron chi connectivity index (χ2n) is 4.23. The predicted octanol–water partition coefficient (Wildman–Crippen LogP) is -0.0889. The number of amides is 1. The number of sulfonamides is 1. The molecule has 1 aromatic rings. The zero-order chi connectivity index (χ0) is 13.8. The summed E-state index contributed by atoms with van der Waals surface area (Å²) in [5.41, 5.74) is 0.467. The molecule has 7 nitrogen and oxygen atoms in total. The van der Waals surface area contributed by atoms with Crippen LogP contribution in [0.3, 0.4) is 0 Å². The van der Waals surface area contributed by atoms with E-state index in [0.29, 0.717) is 5.69 Å². The average Bonchev–Trinajstić information content (AvgIpc) is 2.63. The summed E-state index contributed by atoms with van der Waals surface area (Å²) in [6, 6.07) is 0.0465. The van der Waals surface area contributed by atoms with Gasteiger partial charge in [-0.1, -0.05) is 0 Å². The lowest BCUT2D eigenvalue weighted by molar-refractivity contribution is -0.121. The normalized spacial score (nSPS) is 11.8. The van der Waals surface area contributed by atoms with Crippen LogP contribution in [0.5, 0.6) is 0 Å². The van der Waals surface area contributed by atoms with Crippen molar-refractivity contribution in [3.63, 3.8) is 0 Å². The molecule has 0 aliphatic heterocycles. The summed E-state index contributed by atoms with van der Waals surface area (Å²) in [6.07, 6.45) is 1.35. The molecule has 0 aliphatic carbocycles. The van der Waals surface area contributed by atoms with Gasteiger partial charge in [-0.3, -0.25) is 9.89 Å². The Balaban J connectivity index is 2.49. The van der Waals surface area contributed by atoms with Gasteiger partial charge < -0.3 is 5.32 Å². The van der Waals surface area contributed by atoms with Gasteiger partial charge in [0.05, 0.1) is 11.9 Å². The number of nitrogens with zero attached hydrogens (tertiary/aromatic N) is 1. The third-order valence-electron chi connectivity index (χ3n) is 2.17. The molecule has 102 valence electrons. The summed E-state index contributed by atoms with van der Waals surface area (Å²) < 4.78 is 26.0. The summed E-state index contributed by atoms with van der Waals surface area (Å²) in [5.74, 6) is -0.184. The van der Waals surface area contributed by atoms with E-state index < -0.39 is 10.0 Å². The van der Waals surface area contributed by atoms with Crippen molar-refractivity contribution >= 4 is 15.9 Å². The molecule has 0 fully saturated rings. The first kappa shape index (κ1) is 14.7. The smallest absolute Gasteiger partial charge is 0.243 e. The zero-order valence-electron chi connectivity index (χ0n) is 10.6. The number of nitrogens with one attached hydrogen (secondary N) is 3. The molecule has 0 aliphatic rings. The molecule has 18 heavy (non-hydrogen) atoms.